The molecule has 2 atom stereocenters. The number of hydrogen-bond donors (Lipinski definition) is 3. The van der Waals surface area contributed by atoms with Crippen LogP contribution in [0.5, 0.6) is 11.5 Å². The number of aromatic hydroxyl groups is 1. The van der Waals surface area contributed by atoms with E-state index in [4.69, 9.17) is 16.3 Å². The van der Waals surface area contributed by atoms with E-state index in [1.54, 1.807) is 6.07 Å². The van der Waals surface area contributed by atoms with E-state index < -0.39 is 6.04 Å². The summed E-state index contributed by atoms with van der Waals surface area (Å²) < 4.78 is 5.32. The maximum atomic E-state index is 13.6. The van der Waals surface area contributed by atoms with E-state index in [9.17, 15) is 9.90 Å². The molecule has 3 N–H and O–H groups in total. The highest BCUT2D eigenvalue weighted by Crippen LogP contribution is 2.47. The lowest BCUT2D eigenvalue weighted by molar-refractivity contribution is -0.116. The summed E-state index contributed by atoms with van der Waals surface area (Å²) in [5, 5.41) is 18.5. The molecule has 1 aliphatic heterocycles. The predicted octanol–water partition coefficient (Wildman–Crippen LogP) is 6.03. The van der Waals surface area contributed by atoms with E-state index >= 15 is 0 Å². The highest BCUT2D eigenvalue weighted by Gasteiger charge is 2.37. The van der Waals surface area contributed by atoms with E-state index in [-0.39, 0.29) is 17.5 Å². The molecule has 0 spiro atoms. The number of ether oxygens (including phenoxy) is 1. The van der Waals surface area contributed by atoms with Crippen LogP contribution in [0.15, 0.2) is 78.0 Å². The lowest BCUT2D eigenvalue weighted by Gasteiger charge is -2.30. The Labute approximate surface area is 191 Å². The van der Waals surface area contributed by atoms with Crippen molar-refractivity contribution in [3.63, 3.8) is 0 Å². The Morgan fingerprint density at radius 1 is 0.938 bits per heavy atom. The summed E-state index contributed by atoms with van der Waals surface area (Å²) in [5.74, 6) is 0.400. The molecule has 0 bridgehead atoms. The molecule has 0 unspecified atom stereocenters. The first-order valence-electron chi connectivity index (χ1n) is 10.6. The number of fused-ring (bicyclic) bond motifs is 1. The number of Topliss-reactive ketones (excluding diaryl/α,β-unsaturated/α-hetero) is 1. The van der Waals surface area contributed by atoms with Crippen molar-refractivity contribution in [1.82, 2.24) is 0 Å². The maximum Gasteiger partial charge on any atom is 0.163 e. The van der Waals surface area contributed by atoms with Crippen molar-refractivity contribution in [2.45, 2.75) is 24.8 Å². The minimum Gasteiger partial charge on any atom is -0.504 e. The molecule has 1 aliphatic carbocycles. The monoisotopic (exact) mass is 446 g/mol. The first-order valence-corrected chi connectivity index (χ1v) is 10.9. The summed E-state index contributed by atoms with van der Waals surface area (Å²) in [7, 11) is 1.51. The van der Waals surface area contributed by atoms with Gasteiger partial charge in [0.25, 0.3) is 0 Å². The summed E-state index contributed by atoms with van der Waals surface area (Å²) in [5.41, 5.74) is 4.79. The number of rotatable bonds is 3. The Morgan fingerprint density at radius 3 is 2.44 bits per heavy atom. The average Bonchev–Trinajstić information content (AvgIpc) is 2.96. The van der Waals surface area contributed by atoms with Gasteiger partial charge in [0, 0.05) is 28.3 Å². The van der Waals surface area contributed by atoms with Crippen molar-refractivity contribution in [2.75, 3.05) is 17.7 Å². The highest BCUT2D eigenvalue weighted by molar-refractivity contribution is 6.31. The van der Waals surface area contributed by atoms with Gasteiger partial charge in [0.1, 0.15) is 0 Å². The van der Waals surface area contributed by atoms with Gasteiger partial charge in [-0.25, -0.2) is 0 Å². The van der Waals surface area contributed by atoms with Gasteiger partial charge in [0.15, 0.2) is 17.3 Å². The number of para-hydroxylation sites is 3. The van der Waals surface area contributed by atoms with Gasteiger partial charge < -0.3 is 20.5 Å². The zero-order valence-electron chi connectivity index (χ0n) is 17.6. The highest BCUT2D eigenvalue weighted by atomic mass is 35.5. The largest absolute Gasteiger partial charge is 0.504 e. The van der Waals surface area contributed by atoms with Crippen LogP contribution in [0.1, 0.15) is 35.9 Å². The number of anilines is 2. The number of carbonyl (C=O) groups excluding carboxylic acids is 1. The Morgan fingerprint density at radius 2 is 1.66 bits per heavy atom. The van der Waals surface area contributed by atoms with Crippen LogP contribution in [0.3, 0.4) is 0 Å². The van der Waals surface area contributed by atoms with Gasteiger partial charge in [-0.1, -0.05) is 54.1 Å². The van der Waals surface area contributed by atoms with E-state index in [1.165, 1.54) is 7.11 Å². The number of carbonyl (C=O) groups is 1. The number of phenolic OH excluding ortho intramolecular Hbond substituents is 1. The van der Waals surface area contributed by atoms with Crippen molar-refractivity contribution < 1.29 is 14.6 Å². The molecule has 1 heterocycles. The summed E-state index contributed by atoms with van der Waals surface area (Å²) in [6.45, 7) is 0. The lowest BCUT2D eigenvalue weighted by atomic mass is 9.78. The van der Waals surface area contributed by atoms with E-state index in [0.29, 0.717) is 34.8 Å². The summed E-state index contributed by atoms with van der Waals surface area (Å²) >= 11 is 6.47. The fourth-order valence-corrected chi connectivity index (χ4v) is 4.98. The third-order valence-corrected chi connectivity index (χ3v) is 6.56. The van der Waals surface area contributed by atoms with Gasteiger partial charge in [-0.15, -0.1) is 0 Å². The molecule has 5 nitrogen and oxygen atoms in total. The predicted molar refractivity (Wildman–Crippen MR) is 127 cm³/mol. The Balaban J connectivity index is 1.65. The van der Waals surface area contributed by atoms with Crippen LogP contribution in [0.4, 0.5) is 11.4 Å². The quantitative estimate of drug-likeness (QED) is 0.458. The molecular weight excluding hydrogens is 424 g/mol. The van der Waals surface area contributed by atoms with Gasteiger partial charge in [0.05, 0.1) is 24.5 Å². The molecule has 0 aromatic heterocycles. The second kappa shape index (κ2) is 8.24. The van der Waals surface area contributed by atoms with Gasteiger partial charge >= 0.3 is 0 Å². The van der Waals surface area contributed by atoms with Crippen LogP contribution in [0.2, 0.25) is 5.02 Å². The molecule has 3 aromatic carbocycles. The number of methoxy groups -OCH3 is 1. The first-order chi connectivity index (χ1) is 15.6. The van der Waals surface area contributed by atoms with Crippen LogP contribution in [-0.2, 0) is 4.79 Å². The number of phenols is 1. The van der Waals surface area contributed by atoms with E-state index in [0.717, 1.165) is 22.6 Å². The third kappa shape index (κ3) is 3.49. The molecule has 0 fully saturated rings. The topological polar surface area (TPSA) is 70.6 Å². The zero-order chi connectivity index (χ0) is 22.2. The Bertz CT molecular complexity index is 1240. The summed E-state index contributed by atoms with van der Waals surface area (Å²) in [4.78, 5) is 13.6. The van der Waals surface area contributed by atoms with Gasteiger partial charge in [-0.05, 0) is 42.2 Å². The maximum absolute atomic E-state index is 13.6. The molecule has 2 aliphatic rings. The zero-order valence-corrected chi connectivity index (χ0v) is 18.3. The first kappa shape index (κ1) is 20.5. The SMILES string of the molecule is COc1cccc([C@@H]2Nc3ccccc3NC3=C2C(=O)C[C@H](c2ccccc2Cl)C3)c1O. The third-order valence-electron chi connectivity index (χ3n) is 6.22. The second-order valence-corrected chi connectivity index (χ2v) is 8.50. The van der Waals surface area contributed by atoms with Crippen LogP contribution < -0.4 is 15.4 Å². The number of allylic oxidation sites excluding steroid dienone is 1. The molecule has 3 aromatic rings. The smallest absolute Gasteiger partial charge is 0.163 e. The molecule has 162 valence electrons. The molecular formula is C26H23ClN2O3. The number of nitrogens with one attached hydrogen (secondary N) is 2. The van der Waals surface area contributed by atoms with Crippen LogP contribution >= 0.6 is 11.6 Å². The van der Waals surface area contributed by atoms with Gasteiger partial charge in [0.2, 0.25) is 0 Å². The fourth-order valence-electron chi connectivity index (χ4n) is 4.69. The van der Waals surface area contributed by atoms with Crippen molar-refractivity contribution in [2.24, 2.45) is 0 Å². The Hall–Kier alpha value is -3.44. The molecule has 0 amide bonds. The van der Waals surface area contributed by atoms with Gasteiger partial charge in [-0.3, -0.25) is 4.79 Å². The summed E-state index contributed by atoms with van der Waals surface area (Å²) in [6.07, 6.45) is 0.992. The molecule has 0 saturated heterocycles. The van der Waals surface area contributed by atoms with Crippen LogP contribution in [-0.4, -0.2) is 18.0 Å². The minimum atomic E-state index is -0.518. The molecule has 32 heavy (non-hydrogen) atoms. The molecule has 0 radical (unpaired) electrons. The van der Waals surface area contributed by atoms with Crippen molar-refractivity contribution in [3.8, 4) is 11.5 Å². The number of halogens is 1. The van der Waals surface area contributed by atoms with Crippen LogP contribution in [0.25, 0.3) is 0 Å². The molecule has 0 saturated carbocycles. The standard InChI is InChI=1S/C26H23ClN2O3/c1-32-23-12-6-8-17(26(23)31)25-24-21(28-19-10-4-5-11-20(19)29-25)13-15(14-22(24)30)16-7-2-3-9-18(16)27/h2-12,15,25,28-29,31H,13-14H2,1H3/t15-,25+/m1/s1. The fraction of sp³-hybridized carbons (Fsp3) is 0.192. The van der Waals surface area contributed by atoms with Crippen LogP contribution in [0, 0.1) is 0 Å². The van der Waals surface area contributed by atoms with E-state index in [1.807, 2.05) is 60.7 Å². The lowest BCUT2D eigenvalue weighted by Crippen LogP contribution is -2.27. The van der Waals surface area contributed by atoms with Gasteiger partial charge in [-0.2, -0.15) is 0 Å². The Kier molecular flexibility index (Phi) is 5.27. The van der Waals surface area contributed by atoms with Crippen molar-refractivity contribution in [3.05, 3.63) is 94.1 Å². The molecule has 5 rings (SSSR count). The van der Waals surface area contributed by atoms with Crippen molar-refractivity contribution in [1.29, 1.82) is 0 Å². The summed E-state index contributed by atoms with van der Waals surface area (Å²) in [6, 6.07) is 20.3. The number of ketones is 1. The second-order valence-electron chi connectivity index (χ2n) is 8.09. The van der Waals surface area contributed by atoms with E-state index in [2.05, 4.69) is 10.6 Å². The number of benzene rings is 3. The normalized spacial score (nSPS) is 19.9. The minimum absolute atomic E-state index is 0.0210. The van der Waals surface area contributed by atoms with Crippen molar-refractivity contribution >= 4 is 28.8 Å². The number of hydrogen-bond acceptors (Lipinski definition) is 5. The average molecular weight is 447 g/mol. The molecule has 6 heteroatoms.